The molecular weight excluding hydrogens is 134 g/mol. The Kier molecular flexibility index (Phi) is 15.0. The van der Waals surface area contributed by atoms with E-state index in [1.165, 1.54) is 25.8 Å². The summed E-state index contributed by atoms with van der Waals surface area (Å²) in [5, 5.41) is 3.16. The molecule has 0 aliphatic heterocycles. The average Bonchev–Trinajstić information content (AvgIpc) is 2.05. The number of rotatable bonds is 5. The van der Waals surface area contributed by atoms with Gasteiger partial charge < -0.3 is 5.32 Å². The van der Waals surface area contributed by atoms with Gasteiger partial charge in [0.1, 0.15) is 0 Å². The zero-order chi connectivity index (χ0) is 9.11. The molecule has 0 aliphatic rings. The van der Waals surface area contributed by atoms with Gasteiger partial charge in [0.25, 0.3) is 0 Å². The highest BCUT2D eigenvalue weighted by atomic mass is 14.8. The third kappa shape index (κ3) is 12.8. The lowest BCUT2D eigenvalue weighted by Gasteiger charge is -2.07. The summed E-state index contributed by atoms with van der Waals surface area (Å²) < 4.78 is 0. The Morgan fingerprint density at radius 3 is 2.18 bits per heavy atom. The summed E-state index contributed by atoms with van der Waals surface area (Å²) in [4.78, 5) is 0. The fourth-order valence-corrected chi connectivity index (χ4v) is 1.03. The van der Waals surface area contributed by atoms with Crippen LogP contribution in [0.3, 0.4) is 0 Å². The second-order valence-corrected chi connectivity index (χ2v) is 2.79. The standard InChI is InChI=1S/C8H19N.C2H4/c1-4-5-8(2)6-7-9-3;1-2/h8-9H,4-7H2,1-3H3;1-2H2. The number of hydrogen-bond acceptors (Lipinski definition) is 1. The van der Waals surface area contributed by atoms with Crippen molar-refractivity contribution in [1.29, 1.82) is 0 Å². The van der Waals surface area contributed by atoms with Crippen LogP contribution in [0.1, 0.15) is 33.1 Å². The van der Waals surface area contributed by atoms with E-state index in [1.807, 2.05) is 7.05 Å². The smallest absolute Gasteiger partial charge is 0.00494 e. The Morgan fingerprint density at radius 1 is 1.27 bits per heavy atom. The van der Waals surface area contributed by atoms with E-state index < -0.39 is 0 Å². The SMILES string of the molecule is C=C.CCCC(C)CCNC. The molecular formula is C10H23N. The van der Waals surface area contributed by atoms with Crippen molar-refractivity contribution in [3.8, 4) is 0 Å². The fraction of sp³-hybridized carbons (Fsp3) is 0.800. The van der Waals surface area contributed by atoms with E-state index in [1.54, 1.807) is 0 Å². The van der Waals surface area contributed by atoms with Crippen LogP contribution >= 0.6 is 0 Å². The van der Waals surface area contributed by atoms with Crippen molar-refractivity contribution in [2.24, 2.45) is 5.92 Å². The lowest BCUT2D eigenvalue weighted by molar-refractivity contribution is 0.476. The summed E-state index contributed by atoms with van der Waals surface area (Å²) in [5.41, 5.74) is 0. The van der Waals surface area contributed by atoms with E-state index in [4.69, 9.17) is 0 Å². The Hall–Kier alpha value is -0.300. The zero-order valence-electron chi connectivity index (χ0n) is 8.32. The summed E-state index contributed by atoms with van der Waals surface area (Å²) >= 11 is 0. The molecule has 1 unspecified atom stereocenters. The van der Waals surface area contributed by atoms with Gasteiger partial charge in [0.05, 0.1) is 0 Å². The van der Waals surface area contributed by atoms with E-state index in [0.717, 1.165) is 5.92 Å². The van der Waals surface area contributed by atoms with Gasteiger partial charge in [-0.1, -0.05) is 26.7 Å². The van der Waals surface area contributed by atoms with Gasteiger partial charge >= 0.3 is 0 Å². The first-order chi connectivity index (χ1) is 5.31. The molecule has 0 radical (unpaired) electrons. The van der Waals surface area contributed by atoms with Gasteiger partial charge in [0.15, 0.2) is 0 Å². The van der Waals surface area contributed by atoms with Gasteiger partial charge in [-0.15, -0.1) is 13.2 Å². The molecule has 0 saturated heterocycles. The van der Waals surface area contributed by atoms with Gasteiger partial charge in [0.2, 0.25) is 0 Å². The van der Waals surface area contributed by atoms with E-state index in [-0.39, 0.29) is 0 Å². The van der Waals surface area contributed by atoms with Crippen LogP contribution in [0.5, 0.6) is 0 Å². The first kappa shape index (κ1) is 13.3. The summed E-state index contributed by atoms with van der Waals surface area (Å²) in [5.74, 6) is 0.905. The minimum Gasteiger partial charge on any atom is -0.320 e. The van der Waals surface area contributed by atoms with Crippen molar-refractivity contribution in [2.45, 2.75) is 33.1 Å². The molecule has 0 amide bonds. The Labute approximate surface area is 71.9 Å². The molecule has 0 fully saturated rings. The third-order valence-corrected chi connectivity index (χ3v) is 1.67. The minimum atomic E-state index is 0.905. The third-order valence-electron chi connectivity index (χ3n) is 1.67. The Balaban J connectivity index is 0. The van der Waals surface area contributed by atoms with E-state index in [0.29, 0.717) is 0 Å². The van der Waals surface area contributed by atoms with Crippen LogP contribution in [-0.4, -0.2) is 13.6 Å². The van der Waals surface area contributed by atoms with Crippen LogP contribution < -0.4 is 5.32 Å². The van der Waals surface area contributed by atoms with Crippen molar-refractivity contribution < 1.29 is 0 Å². The van der Waals surface area contributed by atoms with Gasteiger partial charge in [-0.05, 0) is 25.9 Å². The minimum absolute atomic E-state index is 0.905. The lowest BCUT2D eigenvalue weighted by Crippen LogP contribution is -2.11. The van der Waals surface area contributed by atoms with Crippen molar-refractivity contribution in [3.05, 3.63) is 13.2 Å². The van der Waals surface area contributed by atoms with Gasteiger partial charge in [0, 0.05) is 0 Å². The van der Waals surface area contributed by atoms with Gasteiger partial charge in [-0.3, -0.25) is 0 Å². The second-order valence-electron chi connectivity index (χ2n) is 2.79. The molecule has 0 aliphatic carbocycles. The monoisotopic (exact) mass is 157 g/mol. The van der Waals surface area contributed by atoms with Crippen LogP contribution in [-0.2, 0) is 0 Å². The molecule has 0 rings (SSSR count). The predicted molar refractivity (Wildman–Crippen MR) is 53.9 cm³/mol. The molecule has 0 spiro atoms. The topological polar surface area (TPSA) is 12.0 Å². The maximum Gasteiger partial charge on any atom is -0.00494 e. The predicted octanol–water partition coefficient (Wildman–Crippen LogP) is 2.83. The van der Waals surface area contributed by atoms with Crippen LogP contribution in [0.25, 0.3) is 0 Å². The van der Waals surface area contributed by atoms with Crippen molar-refractivity contribution in [1.82, 2.24) is 5.32 Å². The van der Waals surface area contributed by atoms with Gasteiger partial charge in [-0.2, -0.15) is 0 Å². The molecule has 1 N–H and O–H groups in total. The van der Waals surface area contributed by atoms with Crippen LogP contribution in [0.15, 0.2) is 13.2 Å². The van der Waals surface area contributed by atoms with E-state index >= 15 is 0 Å². The molecule has 0 heterocycles. The summed E-state index contributed by atoms with van der Waals surface area (Å²) in [6.45, 7) is 11.7. The number of hydrogen-bond donors (Lipinski definition) is 1. The fourth-order valence-electron chi connectivity index (χ4n) is 1.03. The second kappa shape index (κ2) is 12.4. The zero-order valence-corrected chi connectivity index (χ0v) is 8.32. The average molecular weight is 157 g/mol. The van der Waals surface area contributed by atoms with Crippen molar-refractivity contribution in [2.75, 3.05) is 13.6 Å². The molecule has 1 heteroatoms. The largest absolute Gasteiger partial charge is 0.320 e. The maximum absolute atomic E-state index is 3.16. The molecule has 1 atom stereocenters. The van der Waals surface area contributed by atoms with E-state index in [9.17, 15) is 0 Å². The maximum atomic E-state index is 3.16. The van der Waals surface area contributed by atoms with Crippen molar-refractivity contribution in [3.63, 3.8) is 0 Å². The molecule has 0 aromatic rings. The molecule has 0 bridgehead atoms. The first-order valence-corrected chi connectivity index (χ1v) is 4.45. The highest BCUT2D eigenvalue weighted by molar-refractivity contribution is 4.52. The Bertz CT molecular complexity index is 61.9. The lowest BCUT2D eigenvalue weighted by atomic mass is 10.0. The van der Waals surface area contributed by atoms with Crippen LogP contribution in [0, 0.1) is 5.92 Å². The normalized spacial score (nSPS) is 11.5. The first-order valence-electron chi connectivity index (χ1n) is 4.45. The Morgan fingerprint density at radius 2 is 1.82 bits per heavy atom. The summed E-state index contributed by atoms with van der Waals surface area (Å²) in [6, 6.07) is 0. The van der Waals surface area contributed by atoms with Crippen molar-refractivity contribution >= 4 is 0 Å². The quantitative estimate of drug-likeness (QED) is 0.605. The molecule has 0 saturated carbocycles. The van der Waals surface area contributed by atoms with Crippen LogP contribution in [0.4, 0.5) is 0 Å². The van der Waals surface area contributed by atoms with Crippen LogP contribution in [0.2, 0.25) is 0 Å². The molecule has 11 heavy (non-hydrogen) atoms. The highest BCUT2D eigenvalue weighted by Gasteiger charge is 1.97. The molecule has 0 aromatic heterocycles. The summed E-state index contributed by atoms with van der Waals surface area (Å²) in [6.07, 6.45) is 4.02. The number of nitrogens with one attached hydrogen (secondary N) is 1. The highest BCUT2D eigenvalue weighted by Crippen LogP contribution is 2.07. The summed E-state index contributed by atoms with van der Waals surface area (Å²) in [7, 11) is 2.01. The molecule has 68 valence electrons. The molecule has 1 nitrogen and oxygen atoms in total. The van der Waals surface area contributed by atoms with E-state index in [2.05, 4.69) is 32.3 Å². The van der Waals surface area contributed by atoms with Gasteiger partial charge in [-0.25, -0.2) is 0 Å². The molecule has 0 aromatic carbocycles.